The Morgan fingerprint density at radius 3 is 2.91 bits per heavy atom. The molecule has 0 saturated carbocycles. The number of hydrogen-bond donors (Lipinski definition) is 1. The molecule has 5 nitrogen and oxygen atoms in total. The average molecular weight is 332 g/mol. The van der Waals surface area contributed by atoms with Crippen molar-refractivity contribution in [3.63, 3.8) is 0 Å². The Balaban J connectivity index is 1.59. The molecule has 3 heterocycles. The van der Waals surface area contributed by atoms with E-state index in [1.165, 1.54) is 0 Å². The second-order valence-corrected chi connectivity index (χ2v) is 6.53. The Kier molecular flexibility index (Phi) is 3.83. The van der Waals surface area contributed by atoms with E-state index in [1.54, 1.807) is 0 Å². The molecule has 1 aromatic heterocycles. The maximum absolute atomic E-state index is 12.6. The molecule has 0 bridgehead atoms. The number of nitrogens with zero attached hydrogens (tertiary/aromatic N) is 2. The molecule has 4 rings (SSSR count). The smallest absolute Gasteiger partial charge is 0.240 e. The van der Waals surface area contributed by atoms with Gasteiger partial charge >= 0.3 is 0 Å². The number of benzene rings is 1. The molecule has 2 aliphatic heterocycles. The summed E-state index contributed by atoms with van der Waals surface area (Å²) in [5.41, 5.74) is 2.80. The van der Waals surface area contributed by atoms with E-state index in [2.05, 4.69) is 10.5 Å². The van der Waals surface area contributed by atoms with Crippen LogP contribution in [-0.2, 0) is 17.8 Å². The molecule has 23 heavy (non-hydrogen) atoms. The van der Waals surface area contributed by atoms with Crippen molar-refractivity contribution in [3.05, 3.63) is 40.6 Å². The van der Waals surface area contributed by atoms with E-state index in [0.29, 0.717) is 24.5 Å². The van der Waals surface area contributed by atoms with Crippen LogP contribution in [0.1, 0.15) is 24.2 Å². The van der Waals surface area contributed by atoms with Gasteiger partial charge in [-0.25, -0.2) is 0 Å². The number of amides is 1. The van der Waals surface area contributed by atoms with Crippen molar-refractivity contribution < 1.29 is 9.32 Å². The Hall–Kier alpha value is -1.85. The third-order valence-electron chi connectivity index (χ3n) is 4.62. The van der Waals surface area contributed by atoms with E-state index < -0.39 is 0 Å². The molecule has 120 valence electrons. The average Bonchev–Trinajstić information content (AvgIpc) is 3.24. The number of carbonyl (C=O) groups excluding carboxylic acids is 1. The van der Waals surface area contributed by atoms with Crippen LogP contribution in [0.2, 0.25) is 5.02 Å². The van der Waals surface area contributed by atoms with E-state index in [-0.39, 0.29) is 11.9 Å². The number of nitrogens with one attached hydrogen (secondary N) is 1. The topological polar surface area (TPSA) is 58.4 Å². The van der Waals surface area contributed by atoms with Gasteiger partial charge in [-0.05, 0) is 31.5 Å². The number of hydrogen-bond acceptors (Lipinski definition) is 4. The van der Waals surface area contributed by atoms with Crippen molar-refractivity contribution in [2.45, 2.75) is 31.8 Å². The minimum atomic E-state index is -0.0320. The number of fused-ring (bicyclic) bond motifs is 1. The van der Waals surface area contributed by atoms with Crippen molar-refractivity contribution in [2.24, 2.45) is 0 Å². The molecule has 0 aliphatic carbocycles. The summed E-state index contributed by atoms with van der Waals surface area (Å²) in [6, 6.07) is 7.51. The van der Waals surface area contributed by atoms with E-state index in [9.17, 15) is 4.79 Å². The minimum absolute atomic E-state index is 0.0320. The molecule has 1 aromatic carbocycles. The van der Waals surface area contributed by atoms with Gasteiger partial charge in [-0.15, -0.1) is 0 Å². The van der Waals surface area contributed by atoms with Crippen LogP contribution in [0.3, 0.4) is 0 Å². The highest BCUT2D eigenvalue weighted by Gasteiger charge is 2.32. The van der Waals surface area contributed by atoms with E-state index in [1.807, 2.05) is 29.2 Å². The summed E-state index contributed by atoms with van der Waals surface area (Å²) in [5.74, 6) is 1.08. The number of aromatic nitrogens is 1. The van der Waals surface area contributed by atoms with Gasteiger partial charge in [0, 0.05) is 29.1 Å². The highest BCUT2D eigenvalue weighted by atomic mass is 35.5. The summed E-state index contributed by atoms with van der Waals surface area (Å²) >= 11 is 5.95. The molecule has 1 N–H and O–H groups in total. The van der Waals surface area contributed by atoms with Crippen LogP contribution in [0, 0.1) is 0 Å². The van der Waals surface area contributed by atoms with E-state index >= 15 is 0 Å². The summed E-state index contributed by atoms with van der Waals surface area (Å²) in [6.45, 7) is 2.19. The first-order valence-corrected chi connectivity index (χ1v) is 8.36. The first kappa shape index (κ1) is 14.7. The highest BCUT2D eigenvalue weighted by molar-refractivity contribution is 6.30. The highest BCUT2D eigenvalue weighted by Crippen LogP contribution is 2.31. The van der Waals surface area contributed by atoms with Gasteiger partial charge in [-0.2, -0.15) is 0 Å². The van der Waals surface area contributed by atoms with Crippen LogP contribution >= 0.6 is 11.6 Å². The first-order chi connectivity index (χ1) is 11.2. The largest absolute Gasteiger partial charge is 0.360 e. The maximum Gasteiger partial charge on any atom is 0.240 e. The fraction of sp³-hybridized carbons (Fsp3) is 0.412. The predicted molar refractivity (Wildman–Crippen MR) is 87.1 cm³/mol. The lowest BCUT2D eigenvalue weighted by Crippen LogP contribution is -2.45. The van der Waals surface area contributed by atoms with Crippen LogP contribution in [0.4, 0.5) is 0 Å². The van der Waals surface area contributed by atoms with Gasteiger partial charge in [0.15, 0.2) is 0 Å². The molecule has 1 amide bonds. The maximum atomic E-state index is 12.6. The lowest BCUT2D eigenvalue weighted by Gasteiger charge is -2.28. The molecule has 1 atom stereocenters. The fourth-order valence-corrected chi connectivity index (χ4v) is 3.47. The zero-order valence-electron chi connectivity index (χ0n) is 12.7. The van der Waals surface area contributed by atoms with Crippen LogP contribution < -0.4 is 5.32 Å². The third-order valence-corrected chi connectivity index (χ3v) is 4.87. The fourth-order valence-electron chi connectivity index (χ4n) is 3.35. The lowest BCUT2D eigenvalue weighted by molar-refractivity contribution is -0.134. The van der Waals surface area contributed by atoms with Gasteiger partial charge in [0.05, 0.1) is 12.6 Å². The molecule has 0 radical (unpaired) electrons. The number of carbonyl (C=O) groups is 1. The normalized spacial score (nSPS) is 20.6. The molecule has 2 aromatic rings. The monoisotopic (exact) mass is 331 g/mol. The SMILES string of the molecule is O=C([C@@H]1CCCN1)N1CCc2onc(-c3ccc(Cl)cc3)c2C1. The van der Waals surface area contributed by atoms with Gasteiger partial charge in [0.25, 0.3) is 0 Å². The quantitative estimate of drug-likeness (QED) is 0.919. The third kappa shape index (κ3) is 2.75. The predicted octanol–water partition coefficient (Wildman–Crippen LogP) is 2.63. The molecule has 6 heteroatoms. The van der Waals surface area contributed by atoms with Crippen LogP contribution in [0.5, 0.6) is 0 Å². The van der Waals surface area contributed by atoms with Gasteiger partial charge in [-0.1, -0.05) is 28.9 Å². The molecule has 1 fully saturated rings. The summed E-state index contributed by atoms with van der Waals surface area (Å²) in [4.78, 5) is 14.5. The summed E-state index contributed by atoms with van der Waals surface area (Å²) < 4.78 is 5.49. The van der Waals surface area contributed by atoms with Crippen LogP contribution in [0.25, 0.3) is 11.3 Å². The number of rotatable bonds is 2. The summed E-state index contributed by atoms with van der Waals surface area (Å²) in [6.07, 6.45) is 2.71. The van der Waals surface area contributed by atoms with E-state index in [0.717, 1.165) is 42.0 Å². The Morgan fingerprint density at radius 1 is 1.35 bits per heavy atom. The van der Waals surface area contributed by atoms with Crippen molar-refractivity contribution in [1.82, 2.24) is 15.4 Å². The van der Waals surface area contributed by atoms with Crippen molar-refractivity contribution >= 4 is 17.5 Å². The first-order valence-electron chi connectivity index (χ1n) is 7.98. The van der Waals surface area contributed by atoms with Crippen LogP contribution in [-0.4, -0.2) is 35.1 Å². The minimum Gasteiger partial charge on any atom is -0.360 e. The van der Waals surface area contributed by atoms with Crippen LogP contribution in [0.15, 0.2) is 28.8 Å². The Morgan fingerprint density at radius 2 is 2.17 bits per heavy atom. The molecular formula is C17H18ClN3O2. The standard InChI is InChI=1S/C17H18ClN3O2/c18-12-5-3-11(4-6-12)16-13-10-21(9-7-15(13)23-20-16)17(22)14-2-1-8-19-14/h3-6,14,19H,1-2,7-10H2/t14-/m0/s1. The summed E-state index contributed by atoms with van der Waals surface area (Å²) in [7, 11) is 0. The van der Waals surface area contributed by atoms with E-state index in [4.69, 9.17) is 16.1 Å². The molecule has 2 aliphatic rings. The van der Waals surface area contributed by atoms with Crippen molar-refractivity contribution in [2.75, 3.05) is 13.1 Å². The molecule has 1 saturated heterocycles. The van der Waals surface area contributed by atoms with Gasteiger partial charge < -0.3 is 14.7 Å². The lowest BCUT2D eigenvalue weighted by atomic mass is 10.0. The molecule has 0 spiro atoms. The van der Waals surface area contributed by atoms with Gasteiger partial charge in [-0.3, -0.25) is 4.79 Å². The number of halogens is 1. The second-order valence-electron chi connectivity index (χ2n) is 6.10. The zero-order valence-corrected chi connectivity index (χ0v) is 13.5. The van der Waals surface area contributed by atoms with Crippen molar-refractivity contribution in [3.8, 4) is 11.3 Å². The Labute approximate surface area is 139 Å². The second kappa shape index (κ2) is 5.98. The zero-order chi connectivity index (χ0) is 15.8. The molecule has 0 unspecified atom stereocenters. The molecular weight excluding hydrogens is 314 g/mol. The van der Waals surface area contributed by atoms with Crippen molar-refractivity contribution in [1.29, 1.82) is 0 Å². The van der Waals surface area contributed by atoms with Gasteiger partial charge in [0.2, 0.25) is 5.91 Å². The Bertz CT molecular complexity index is 720. The summed E-state index contributed by atoms with van der Waals surface area (Å²) in [5, 5.41) is 8.19. The van der Waals surface area contributed by atoms with Gasteiger partial charge in [0.1, 0.15) is 11.5 Å².